The molecule has 2 heterocycles. The third kappa shape index (κ3) is 3.68. The third-order valence-corrected chi connectivity index (χ3v) is 3.46. The van der Waals surface area contributed by atoms with E-state index in [2.05, 4.69) is 16.6 Å². The zero-order valence-electron chi connectivity index (χ0n) is 13.6. The summed E-state index contributed by atoms with van der Waals surface area (Å²) < 4.78 is 2.22. The molecule has 0 aliphatic rings. The van der Waals surface area contributed by atoms with Crippen LogP contribution in [0.25, 0.3) is 0 Å². The molecule has 0 bridgehead atoms. The van der Waals surface area contributed by atoms with Crippen LogP contribution in [0, 0.1) is 0 Å². The van der Waals surface area contributed by atoms with Gasteiger partial charge >= 0.3 is 5.69 Å². The van der Waals surface area contributed by atoms with Crippen LogP contribution in [-0.2, 0) is 13.1 Å². The maximum absolute atomic E-state index is 12.5. The lowest BCUT2D eigenvalue weighted by molar-refractivity contribution is 0.385. The van der Waals surface area contributed by atoms with Crippen LogP contribution in [0.3, 0.4) is 0 Å². The Morgan fingerprint density at radius 3 is 2.75 bits per heavy atom. The summed E-state index contributed by atoms with van der Waals surface area (Å²) in [4.78, 5) is 33.0. The van der Waals surface area contributed by atoms with Crippen LogP contribution in [0.5, 0.6) is 5.88 Å². The molecule has 0 fully saturated rings. The summed E-state index contributed by atoms with van der Waals surface area (Å²) in [5.41, 5.74) is -1.20. The van der Waals surface area contributed by atoms with Gasteiger partial charge in [-0.25, -0.2) is 14.8 Å². The molecule has 0 atom stereocenters. The van der Waals surface area contributed by atoms with E-state index in [-0.39, 0.29) is 18.0 Å². The molecule has 126 valence electrons. The van der Waals surface area contributed by atoms with Gasteiger partial charge in [0.1, 0.15) is 5.56 Å². The molecule has 1 N–H and O–H groups in total. The fourth-order valence-electron chi connectivity index (χ4n) is 2.19. The number of hydrogen-bond donors (Lipinski definition) is 1. The highest BCUT2D eigenvalue weighted by Gasteiger charge is 2.16. The minimum absolute atomic E-state index is 0.0433. The molecule has 7 heteroatoms. The topological polar surface area (TPSA) is 89.5 Å². The second kappa shape index (κ2) is 8.05. The molecule has 0 saturated carbocycles. The van der Waals surface area contributed by atoms with Crippen molar-refractivity contribution in [2.75, 3.05) is 0 Å². The van der Waals surface area contributed by atoms with Gasteiger partial charge in [-0.05, 0) is 18.6 Å². The number of aromatic hydroxyl groups is 1. The van der Waals surface area contributed by atoms with Crippen molar-refractivity contribution in [3.05, 3.63) is 63.5 Å². The summed E-state index contributed by atoms with van der Waals surface area (Å²) in [6.07, 6.45) is 5.83. The fraction of sp³-hybridized carbons (Fsp3) is 0.294. The Balaban J connectivity index is 2.59. The Bertz CT molecular complexity index is 851. The first kappa shape index (κ1) is 17.4. The second-order valence-corrected chi connectivity index (χ2v) is 5.18. The molecular weight excluding hydrogens is 308 g/mol. The SMILES string of the molecule is C=CCn1c(=O)c(/C=N/c2ccccn2)c(O)n(CCCC)c1=O. The Kier molecular flexibility index (Phi) is 5.83. The molecule has 0 aliphatic heterocycles. The predicted molar refractivity (Wildman–Crippen MR) is 93.2 cm³/mol. The summed E-state index contributed by atoms with van der Waals surface area (Å²) in [5, 5.41) is 10.4. The van der Waals surface area contributed by atoms with E-state index in [1.807, 2.05) is 6.92 Å². The highest BCUT2D eigenvalue weighted by atomic mass is 16.3. The average Bonchev–Trinajstić information content (AvgIpc) is 2.59. The van der Waals surface area contributed by atoms with Crippen molar-refractivity contribution in [1.29, 1.82) is 0 Å². The normalized spacial score (nSPS) is 11.0. The van der Waals surface area contributed by atoms with Gasteiger partial charge in [-0.15, -0.1) is 6.58 Å². The van der Waals surface area contributed by atoms with E-state index >= 15 is 0 Å². The molecule has 2 aromatic heterocycles. The number of nitrogens with zero attached hydrogens (tertiary/aromatic N) is 4. The highest BCUT2D eigenvalue weighted by Crippen LogP contribution is 2.12. The Labute approximate surface area is 139 Å². The van der Waals surface area contributed by atoms with Crippen LogP contribution in [0.2, 0.25) is 0 Å². The minimum atomic E-state index is -0.607. The van der Waals surface area contributed by atoms with Crippen LogP contribution in [0.15, 0.2) is 51.6 Å². The maximum atomic E-state index is 12.5. The molecule has 0 radical (unpaired) electrons. The Morgan fingerprint density at radius 2 is 2.12 bits per heavy atom. The van der Waals surface area contributed by atoms with E-state index < -0.39 is 11.2 Å². The third-order valence-electron chi connectivity index (χ3n) is 3.46. The molecule has 0 spiro atoms. The Hall–Kier alpha value is -2.96. The van der Waals surface area contributed by atoms with E-state index in [0.717, 1.165) is 11.0 Å². The van der Waals surface area contributed by atoms with Crippen LogP contribution in [0.1, 0.15) is 25.3 Å². The fourth-order valence-corrected chi connectivity index (χ4v) is 2.19. The zero-order valence-corrected chi connectivity index (χ0v) is 13.6. The predicted octanol–water partition coefficient (Wildman–Crippen LogP) is 1.85. The molecule has 24 heavy (non-hydrogen) atoms. The van der Waals surface area contributed by atoms with Gasteiger partial charge in [-0.3, -0.25) is 13.9 Å². The largest absolute Gasteiger partial charge is 0.494 e. The van der Waals surface area contributed by atoms with Gasteiger partial charge in [0, 0.05) is 25.5 Å². The lowest BCUT2D eigenvalue weighted by Gasteiger charge is -2.13. The van der Waals surface area contributed by atoms with Gasteiger partial charge in [-0.1, -0.05) is 25.5 Å². The number of allylic oxidation sites excluding steroid dienone is 1. The summed E-state index contributed by atoms with van der Waals surface area (Å²) in [6, 6.07) is 5.18. The maximum Gasteiger partial charge on any atom is 0.334 e. The first-order chi connectivity index (χ1) is 11.6. The van der Waals surface area contributed by atoms with Crippen molar-refractivity contribution in [3.8, 4) is 5.88 Å². The lowest BCUT2D eigenvalue weighted by Crippen LogP contribution is -2.41. The van der Waals surface area contributed by atoms with Crippen molar-refractivity contribution < 1.29 is 5.11 Å². The summed E-state index contributed by atoms with van der Waals surface area (Å²) in [6.45, 7) is 5.93. The van der Waals surface area contributed by atoms with Crippen molar-refractivity contribution in [1.82, 2.24) is 14.1 Å². The number of hydrogen-bond acceptors (Lipinski definition) is 5. The number of unbranched alkanes of at least 4 members (excludes halogenated alkanes) is 1. The van der Waals surface area contributed by atoms with Crippen molar-refractivity contribution in [2.24, 2.45) is 4.99 Å². The molecule has 0 aromatic carbocycles. The molecule has 0 amide bonds. The minimum Gasteiger partial charge on any atom is -0.494 e. The van der Waals surface area contributed by atoms with E-state index in [9.17, 15) is 14.7 Å². The summed E-state index contributed by atoms with van der Waals surface area (Å²) in [7, 11) is 0. The number of pyridine rings is 1. The van der Waals surface area contributed by atoms with Gasteiger partial charge in [-0.2, -0.15) is 0 Å². The van der Waals surface area contributed by atoms with Gasteiger partial charge < -0.3 is 5.11 Å². The van der Waals surface area contributed by atoms with Gasteiger partial charge in [0.15, 0.2) is 5.82 Å². The van der Waals surface area contributed by atoms with Crippen LogP contribution in [-0.4, -0.2) is 25.4 Å². The summed E-state index contributed by atoms with van der Waals surface area (Å²) >= 11 is 0. The smallest absolute Gasteiger partial charge is 0.334 e. The van der Waals surface area contributed by atoms with Crippen molar-refractivity contribution in [3.63, 3.8) is 0 Å². The quantitative estimate of drug-likeness (QED) is 0.620. The van der Waals surface area contributed by atoms with E-state index in [1.54, 1.807) is 24.4 Å². The van der Waals surface area contributed by atoms with Gasteiger partial charge in [0.25, 0.3) is 5.56 Å². The highest BCUT2D eigenvalue weighted by molar-refractivity contribution is 5.83. The second-order valence-electron chi connectivity index (χ2n) is 5.18. The van der Waals surface area contributed by atoms with Gasteiger partial charge in [0.2, 0.25) is 5.88 Å². The van der Waals surface area contributed by atoms with Crippen molar-refractivity contribution >= 4 is 12.0 Å². The van der Waals surface area contributed by atoms with E-state index in [0.29, 0.717) is 18.8 Å². The molecule has 7 nitrogen and oxygen atoms in total. The number of aliphatic imine (C=N–C) groups is 1. The van der Waals surface area contributed by atoms with Crippen LogP contribution >= 0.6 is 0 Å². The first-order valence-corrected chi connectivity index (χ1v) is 7.72. The molecule has 0 aliphatic carbocycles. The zero-order chi connectivity index (χ0) is 17.5. The molecule has 0 saturated heterocycles. The van der Waals surface area contributed by atoms with Crippen LogP contribution < -0.4 is 11.2 Å². The number of aromatic nitrogens is 3. The monoisotopic (exact) mass is 328 g/mol. The van der Waals surface area contributed by atoms with Crippen molar-refractivity contribution in [2.45, 2.75) is 32.9 Å². The lowest BCUT2D eigenvalue weighted by atomic mass is 10.3. The number of rotatable bonds is 7. The van der Waals surface area contributed by atoms with Gasteiger partial charge in [0.05, 0.1) is 0 Å². The average molecular weight is 328 g/mol. The van der Waals surface area contributed by atoms with Crippen LogP contribution in [0.4, 0.5) is 5.82 Å². The molecular formula is C17H20N4O3. The standard InChI is InChI=1S/C17H20N4O3/c1-3-5-11-21-16(23)13(12-19-14-8-6-7-9-18-14)15(22)20(10-4-2)17(21)24/h4,6-9,12,23H,2-3,5,10-11H2,1H3/b19-12+. The van der Waals surface area contributed by atoms with E-state index in [1.165, 1.54) is 16.9 Å². The van der Waals surface area contributed by atoms with E-state index in [4.69, 9.17) is 0 Å². The summed E-state index contributed by atoms with van der Waals surface area (Å²) in [5.74, 6) is 0.0244. The molecule has 0 unspecified atom stereocenters. The first-order valence-electron chi connectivity index (χ1n) is 7.72. The molecule has 2 rings (SSSR count). The molecule has 2 aromatic rings. The Morgan fingerprint density at radius 1 is 1.33 bits per heavy atom.